The van der Waals surface area contributed by atoms with Crippen molar-refractivity contribution in [2.45, 2.75) is 182 Å². The first kappa shape index (κ1) is 56.7. The fourth-order valence-electron chi connectivity index (χ4n) is 7.37. The molecule has 0 spiro atoms. The molecule has 2 aromatic carbocycles. The van der Waals surface area contributed by atoms with Gasteiger partial charge in [-0.3, -0.25) is 9.80 Å². The minimum atomic E-state index is -0.922. The van der Waals surface area contributed by atoms with E-state index in [9.17, 15) is 24.7 Å². The van der Waals surface area contributed by atoms with Gasteiger partial charge in [-0.1, -0.05) is 68.1 Å². The number of piperidine rings is 1. The molecule has 3 saturated heterocycles. The van der Waals surface area contributed by atoms with E-state index in [0.717, 1.165) is 30.3 Å². The normalized spacial score (nSPS) is 23.8. The van der Waals surface area contributed by atoms with E-state index in [4.69, 9.17) is 23.6 Å². The Bertz CT molecular complexity index is 1570. The third-order valence-electron chi connectivity index (χ3n) is 9.77. The van der Waals surface area contributed by atoms with Gasteiger partial charge in [0.15, 0.2) is 0 Å². The number of amides is 2. The molecule has 0 aliphatic carbocycles. The number of hydroxylamine groups is 2. The van der Waals surface area contributed by atoms with Crippen LogP contribution in [-0.2, 0) is 23.7 Å². The smallest absolute Gasteiger partial charge is 0.769 e. The number of aldehydes is 1. The Labute approximate surface area is 381 Å². The first-order valence-electron chi connectivity index (χ1n) is 19.4. The fraction of sp³-hybridized carbons (Fsp3) is 0.659. The van der Waals surface area contributed by atoms with E-state index >= 15 is 0 Å². The molecule has 4 atom stereocenters. The molecule has 13 nitrogen and oxygen atoms in total. The first-order chi connectivity index (χ1) is 26.2. The van der Waals surface area contributed by atoms with Crippen molar-refractivity contribution >= 4 is 30.3 Å². The minimum absolute atomic E-state index is 0. The van der Waals surface area contributed by atoms with E-state index in [1.165, 1.54) is 21.3 Å². The van der Waals surface area contributed by atoms with Crippen molar-refractivity contribution in [3.05, 3.63) is 71.8 Å². The summed E-state index contributed by atoms with van der Waals surface area (Å²) in [5.74, 6) is 0. The molecule has 0 saturated carbocycles. The summed E-state index contributed by atoms with van der Waals surface area (Å²) >= 11 is 3.39. The van der Waals surface area contributed by atoms with Crippen LogP contribution in [0.3, 0.4) is 0 Å². The van der Waals surface area contributed by atoms with Gasteiger partial charge in [0.1, 0.15) is 47.2 Å². The van der Waals surface area contributed by atoms with E-state index < -0.39 is 53.0 Å². The van der Waals surface area contributed by atoms with Gasteiger partial charge in [0, 0.05) is 11.1 Å². The van der Waals surface area contributed by atoms with Crippen molar-refractivity contribution < 1.29 is 77.9 Å². The summed E-state index contributed by atoms with van der Waals surface area (Å²) < 4.78 is 30.6. The molecule has 2 aromatic rings. The standard InChI is InChI=1S/C17H25NO4.C17H23NO4.C9H19NO.CH4.ClO.Na/c2*1-16(2,3)22-15(20)18-13(11-19)14(21-17(18,4)5)12-9-7-6-8-10-12;1-8(2)6-5-7-9(3,4)10(8)11;;1-2;/h6-10,13-14,19H,11H2,1-5H3;6-11,13-14H,1-5H3;11H,5-7H2,1-4H3;1H4;;/q;;;;-1;+1/t2*13-,14-;;;;/m11..../s1. The minimum Gasteiger partial charge on any atom is -0.769 e. The number of aliphatic hydroxyl groups excluding tert-OH is 1. The predicted octanol–water partition coefficient (Wildman–Crippen LogP) is 5.95. The maximum atomic E-state index is 12.5. The Hall–Kier alpha value is -2.30. The van der Waals surface area contributed by atoms with Crippen LogP contribution in [0.2, 0.25) is 0 Å². The molecular formula is C44H71ClN3NaO10. The maximum absolute atomic E-state index is 12.5. The average Bonchev–Trinajstić information content (AvgIpc) is 3.55. The summed E-state index contributed by atoms with van der Waals surface area (Å²) in [4.78, 5) is 39.5. The predicted molar refractivity (Wildman–Crippen MR) is 224 cm³/mol. The molecule has 15 heteroatoms. The third-order valence-corrected chi connectivity index (χ3v) is 9.77. The number of aliphatic hydroxyl groups is 1. The average molecular weight is 861 g/mol. The Balaban J connectivity index is 0.000000864. The fourth-order valence-corrected chi connectivity index (χ4v) is 7.37. The number of rotatable bonds is 4. The van der Waals surface area contributed by atoms with Crippen LogP contribution < -0.4 is 34.2 Å². The van der Waals surface area contributed by atoms with Gasteiger partial charge in [-0.2, -0.15) is 5.06 Å². The van der Waals surface area contributed by atoms with Crippen molar-refractivity contribution in [3.63, 3.8) is 0 Å². The monoisotopic (exact) mass is 859 g/mol. The summed E-state index contributed by atoms with van der Waals surface area (Å²) in [5, 5.41) is 21.1. The van der Waals surface area contributed by atoms with Gasteiger partial charge in [0.2, 0.25) is 0 Å². The number of benzene rings is 2. The van der Waals surface area contributed by atoms with E-state index in [0.29, 0.717) is 0 Å². The largest absolute Gasteiger partial charge is 1.00 e. The molecule has 3 fully saturated rings. The number of hydrogen-bond donors (Lipinski definition) is 2. The molecule has 2 amide bonds. The van der Waals surface area contributed by atoms with Crippen molar-refractivity contribution in [3.8, 4) is 0 Å². The summed E-state index contributed by atoms with van der Waals surface area (Å²) in [5.41, 5.74) is -1.29. The van der Waals surface area contributed by atoms with Crippen molar-refractivity contribution in [1.29, 1.82) is 0 Å². The van der Waals surface area contributed by atoms with Crippen molar-refractivity contribution in [2.24, 2.45) is 0 Å². The van der Waals surface area contributed by atoms with Crippen molar-refractivity contribution in [1.82, 2.24) is 14.9 Å². The third kappa shape index (κ3) is 15.5. The molecule has 3 heterocycles. The van der Waals surface area contributed by atoms with Crippen LogP contribution >= 0.6 is 11.9 Å². The molecule has 0 radical (unpaired) electrons. The van der Waals surface area contributed by atoms with Crippen LogP contribution in [0.15, 0.2) is 60.7 Å². The molecule has 3 aliphatic heterocycles. The molecule has 5 rings (SSSR count). The number of carbonyl (C=O) groups excluding carboxylic acids is 3. The summed E-state index contributed by atoms with van der Waals surface area (Å²) in [6, 6.07) is 17.8. The van der Waals surface area contributed by atoms with Crippen molar-refractivity contribution in [2.75, 3.05) is 6.61 Å². The molecule has 2 N–H and O–H groups in total. The maximum Gasteiger partial charge on any atom is 1.00 e. The van der Waals surface area contributed by atoms with Crippen LogP contribution in [0.1, 0.15) is 147 Å². The van der Waals surface area contributed by atoms with Crippen LogP contribution in [0.25, 0.3) is 0 Å². The number of ether oxygens (including phenoxy) is 4. The summed E-state index contributed by atoms with van der Waals surface area (Å²) in [7, 11) is 0. The second-order valence-corrected chi connectivity index (χ2v) is 18.7. The van der Waals surface area contributed by atoms with Gasteiger partial charge in [0.05, 0.1) is 12.6 Å². The van der Waals surface area contributed by atoms with Gasteiger partial charge in [0.25, 0.3) is 0 Å². The SMILES string of the molecule is C.CC(C)(C)OC(=O)N1[C@H](C=O)[C@@H](c2ccccc2)OC1(C)C.CC(C)(C)OC(=O)N1[C@H](CO)[C@@H](c2ccccc2)OC1(C)C.CC1(C)CCCC(C)(C)N1O.[Na+].[O-]Cl. The van der Waals surface area contributed by atoms with Crippen LogP contribution in [0, 0.1) is 0 Å². The Morgan fingerprint density at radius 3 is 1.46 bits per heavy atom. The Morgan fingerprint density at radius 1 is 0.746 bits per heavy atom. The zero-order valence-corrected chi connectivity index (χ0v) is 40.1. The number of nitrogens with zero attached hydrogens (tertiary/aromatic N) is 3. The quantitative estimate of drug-likeness (QED) is 0.276. The summed E-state index contributed by atoms with van der Waals surface area (Å²) in [6.45, 7) is 26.1. The van der Waals surface area contributed by atoms with E-state index in [2.05, 4.69) is 39.6 Å². The topological polar surface area (TPSA) is 161 Å². The first-order valence-corrected chi connectivity index (χ1v) is 19.7. The second kappa shape index (κ2) is 22.7. The summed E-state index contributed by atoms with van der Waals surface area (Å²) in [6.07, 6.45) is 2.24. The number of halogens is 1. The van der Waals surface area contributed by atoms with Crippen LogP contribution in [0.4, 0.5) is 9.59 Å². The molecule has 0 bridgehead atoms. The van der Waals surface area contributed by atoms with Crippen LogP contribution in [-0.4, -0.2) is 96.1 Å². The Kier molecular flexibility index (Phi) is 21.8. The van der Waals surface area contributed by atoms with E-state index in [1.807, 2.05) is 95.3 Å². The second-order valence-electron chi connectivity index (χ2n) is 18.7. The zero-order valence-electron chi connectivity index (χ0n) is 37.4. The van der Waals surface area contributed by atoms with Gasteiger partial charge in [-0.15, -0.1) is 0 Å². The molecule has 3 aliphatic rings. The number of carbonyl (C=O) groups is 3. The Morgan fingerprint density at radius 2 is 1.10 bits per heavy atom. The molecular weight excluding hydrogens is 789 g/mol. The zero-order chi connectivity index (χ0) is 43.8. The number of hydrogen-bond acceptors (Lipinski definition) is 11. The van der Waals surface area contributed by atoms with Gasteiger partial charge in [-0.05, 0) is 127 Å². The van der Waals surface area contributed by atoms with Crippen LogP contribution in [0.5, 0.6) is 0 Å². The van der Waals surface area contributed by atoms with E-state index in [1.54, 1.807) is 34.6 Å². The van der Waals surface area contributed by atoms with Gasteiger partial charge in [-0.25, -0.2) is 21.5 Å². The van der Waals surface area contributed by atoms with Gasteiger partial charge >= 0.3 is 41.7 Å². The molecule has 0 unspecified atom stereocenters. The molecule has 0 aromatic heterocycles. The van der Waals surface area contributed by atoms with E-state index in [-0.39, 0.29) is 60.8 Å². The molecule has 330 valence electrons. The molecule has 59 heavy (non-hydrogen) atoms. The van der Waals surface area contributed by atoms with Gasteiger partial charge < -0.3 is 38.7 Å².